The van der Waals surface area contributed by atoms with Gasteiger partial charge in [-0.2, -0.15) is 5.26 Å². The van der Waals surface area contributed by atoms with Gasteiger partial charge in [0.2, 0.25) is 0 Å². The molecule has 1 fully saturated rings. The molecule has 2 aliphatic carbocycles. The Kier molecular flexibility index (Phi) is 6.67. The molecule has 0 radical (unpaired) electrons. The summed E-state index contributed by atoms with van der Waals surface area (Å²) in [7, 11) is 0. The molecule has 1 amide bonds. The van der Waals surface area contributed by atoms with Crippen molar-refractivity contribution in [2.75, 3.05) is 11.9 Å². The molecule has 2 aliphatic rings. The van der Waals surface area contributed by atoms with E-state index < -0.39 is 0 Å². The summed E-state index contributed by atoms with van der Waals surface area (Å²) >= 11 is 1.48. The van der Waals surface area contributed by atoms with Gasteiger partial charge in [0.05, 0.1) is 5.56 Å². The average molecular weight is 375 g/mol. The molecule has 0 aromatic carbocycles. The van der Waals surface area contributed by atoms with Crippen LogP contribution in [0.25, 0.3) is 0 Å². The third kappa shape index (κ3) is 4.85. The van der Waals surface area contributed by atoms with E-state index in [1.165, 1.54) is 48.3 Å². The lowest BCUT2D eigenvalue weighted by molar-refractivity contribution is -0.147. The summed E-state index contributed by atoms with van der Waals surface area (Å²) in [5.74, 6) is -0.0523. The molecule has 6 heteroatoms. The van der Waals surface area contributed by atoms with Crippen molar-refractivity contribution in [2.45, 2.75) is 70.6 Å². The van der Waals surface area contributed by atoms with E-state index >= 15 is 0 Å². The highest BCUT2D eigenvalue weighted by molar-refractivity contribution is 7.16. The largest absolute Gasteiger partial charge is 0.456 e. The number of ether oxygens (including phenoxy) is 1. The molecule has 0 atom stereocenters. The molecule has 0 unspecified atom stereocenters. The lowest BCUT2D eigenvalue weighted by Gasteiger charge is -2.20. The predicted molar refractivity (Wildman–Crippen MR) is 101 cm³/mol. The monoisotopic (exact) mass is 374 g/mol. The highest BCUT2D eigenvalue weighted by Crippen LogP contribution is 2.37. The Hall–Kier alpha value is -1.87. The Bertz CT molecular complexity index is 699. The summed E-state index contributed by atoms with van der Waals surface area (Å²) in [6.07, 6.45) is 11.6. The fourth-order valence-electron chi connectivity index (χ4n) is 3.95. The van der Waals surface area contributed by atoms with E-state index in [0.717, 1.165) is 37.7 Å². The van der Waals surface area contributed by atoms with Gasteiger partial charge in [0.15, 0.2) is 6.61 Å². The van der Waals surface area contributed by atoms with Gasteiger partial charge in [0.25, 0.3) is 5.91 Å². The Morgan fingerprint density at radius 1 is 1.15 bits per heavy atom. The Morgan fingerprint density at radius 2 is 1.92 bits per heavy atom. The number of hydrogen-bond acceptors (Lipinski definition) is 5. The van der Waals surface area contributed by atoms with Gasteiger partial charge >= 0.3 is 5.97 Å². The van der Waals surface area contributed by atoms with Crippen molar-refractivity contribution in [3.63, 3.8) is 0 Å². The van der Waals surface area contributed by atoms with Crippen molar-refractivity contribution in [3.8, 4) is 6.07 Å². The highest BCUT2D eigenvalue weighted by atomic mass is 32.1. The van der Waals surface area contributed by atoms with E-state index in [1.54, 1.807) is 0 Å². The van der Waals surface area contributed by atoms with Crippen molar-refractivity contribution in [2.24, 2.45) is 5.92 Å². The first-order valence-corrected chi connectivity index (χ1v) is 10.5. The Morgan fingerprint density at radius 3 is 2.69 bits per heavy atom. The Labute approximate surface area is 158 Å². The molecule has 0 bridgehead atoms. The number of amides is 1. The quantitative estimate of drug-likeness (QED) is 0.751. The third-order valence-electron chi connectivity index (χ3n) is 5.38. The summed E-state index contributed by atoms with van der Waals surface area (Å²) in [5.41, 5.74) is 1.67. The molecule has 1 saturated carbocycles. The van der Waals surface area contributed by atoms with Crippen LogP contribution in [0.2, 0.25) is 0 Å². The summed E-state index contributed by atoms with van der Waals surface area (Å²) in [6, 6.07) is 2.22. The number of nitrogens with zero attached hydrogens (tertiary/aromatic N) is 1. The van der Waals surface area contributed by atoms with Crippen LogP contribution in [0, 0.1) is 17.2 Å². The molecule has 1 heterocycles. The van der Waals surface area contributed by atoms with Crippen LogP contribution in [-0.2, 0) is 27.2 Å². The highest BCUT2D eigenvalue weighted by Gasteiger charge is 2.22. The molecule has 0 aliphatic heterocycles. The Balaban J connectivity index is 1.45. The number of hydrogen-bond donors (Lipinski definition) is 1. The molecule has 0 spiro atoms. The van der Waals surface area contributed by atoms with E-state index in [0.29, 0.717) is 22.9 Å². The van der Waals surface area contributed by atoms with Crippen LogP contribution in [0.15, 0.2) is 0 Å². The number of rotatable bonds is 6. The van der Waals surface area contributed by atoms with Crippen LogP contribution in [0.5, 0.6) is 0 Å². The van der Waals surface area contributed by atoms with Crippen LogP contribution >= 0.6 is 11.3 Å². The predicted octanol–water partition coefficient (Wildman–Crippen LogP) is 4.34. The van der Waals surface area contributed by atoms with Crippen molar-refractivity contribution in [1.82, 2.24) is 0 Å². The van der Waals surface area contributed by atoms with Crippen LogP contribution < -0.4 is 5.32 Å². The number of carbonyl (C=O) groups excluding carboxylic acids is 2. The van der Waals surface area contributed by atoms with E-state index in [1.807, 2.05) is 0 Å². The molecular formula is C20H26N2O3S. The van der Waals surface area contributed by atoms with Crippen molar-refractivity contribution >= 4 is 28.2 Å². The second-order valence-electron chi connectivity index (χ2n) is 7.28. The first-order valence-electron chi connectivity index (χ1n) is 9.67. The summed E-state index contributed by atoms with van der Waals surface area (Å²) < 4.78 is 5.11. The number of esters is 1. The maximum Gasteiger partial charge on any atom is 0.306 e. The van der Waals surface area contributed by atoms with Gasteiger partial charge in [-0.3, -0.25) is 9.59 Å². The molecule has 5 nitrogen and oxygen atoms in total. The fourth-order valence-corrected chi connectivity index (χ4v) is 5.21. The lowest BCUT2D eigenvalue weighted by Crippen LogP contribution is -2.21. The van der Waals surface area contributed by atoms with Gasteiger partial charge in [-0.15, -0.1) is 11.3 Å². The SMILES string of the molecule is N#Cc1c(NC(=O)COC(=O)CCC2CCCCC2)sc2c1CCCC2. The molecular weight excluding hydrogens is 348 g/mol. The molecule has 1 aromatic rings. The zero-order valence-electron chi connectivity index (χ0n) is 15.1. The average Bonchev–Trinajstić information content (AvgIpc) is 3.02. The topological polar surface area (TPSA) is 79.2 Å². The molecule has 0 saturated heterocycles. The molecule has 140 valence electrons. The van der Waals surface area contributed by atoms with E-state index in [9.17, 15) is 14.9 Å². The third-order valence-corrected chi connectivity index (χ3v) is 6.59. The standard InChI is InChI=1S/C20H26N2O3S/c21-12-16-15-8-4-5-9-17(15)26-20(16)22-18(23)13-25-19(24)11-10-14-6-2-1-3-7-14/h14H,1-11,13H2,(H,22,23). The van der Waals surface area contributed by atoms with Gasteiger partial charge < -0.3 is 10.1 Å². The van der Waals surface area contributed by atoms with Crippen LogP contribution in [0.3, 0.4) is 0 Å². The molecule has 1 N–H and O–H groups in total. The maximum absolute atomic E-state index is 12.1. The smallest absolute Gasteiger partial charge is 0.306 e. The van der Waals surface area contributed by atoms with Gasteiger partial charge in [0, 0.05) is 11.3 Å². The minimum Gasteiger partial charge on any atom is -0.456 e. The second kappa shape index (κ2) is 9.18. The zero-order chi connectivity index (χ0) is 18.4. The number of nitrogens with one attached hydrogen (secondary N) is 1. The molecule has 26 heavy (non-hydrogen) atoms. The second-order valence-corrected chi connectivity index (χ2v) is 8.38. The van der Waals surface area contributed by atoms with E-state index in [-0.39, 0.29) is 18.5 Å². The maximum atomic E-state index is 12.1. The molecule has 3 rings (SSSR count). The molecule has 1 aromatic heterocycles. The van der Waals surface area contributed by atoms with Crippen molar-refractivity contribution in [1.29, 1.82) is 5.26 Å². The van der Waals surface area contributed by atoms with Crippen LogP contribution in [-0.4, -0.2) is 18.5 Å². The zero-order valence-corrected chi connectivity index (χ0v) is 16.0. The van der Waals surface area contributed by atoms with Gasteiger partial charge in [-0.05, 0) is 43.6 Å². The van der Waals surface area contributed by atoms with Crippen molar-refractivity contribution < 1.29 is 14.3 Å². The van der Waals surface area contributed by atoms with Gasteiger partial charge in [-0.1, -0.05) is 32.1 Å². The van der Waals surface area contributed by atoms with E-state index in [4.69, 9.17) is 4.74 Å². The number of aryl methyl sites for hydroxylation is 1. The number of anilines is 1. The van der Waals surface area contributed by atoms with Crippen LogP contribution in [0.4, 0.5) is 5.00 Å². The summed E-state index contributed by atoms with van der Waals surface area (Å²) in [5, 5.41) is 12.8. The summed E-state index contributed by atoms with van der Waals surface area (Å²) in [4.78, 5) is 25.2. The first-order chi connectivity index (χ1) is 12.7. The van der Waals surface area contributed by atoms with E-state index in [2.05, 4.69) is 11.4 Å². The first kappa shape index (κ1) is 18.9. The minimum atomic E-state index is -0.369. The fraction of sp³-hybridized carbons (Fsp3) is 0.650. The number of fused-ring (bicyclic) bond motifs is 1. The number of thiophene rings is 1. The number of carbonyl (C=O) groups is 2. The number of nitriles is 1. The van der Waals surface area contributed by atoms with Crippen molar-refractivity contribution in [3.05, 3.63) is 16.0 Å². The summed E-state index contributed by atoms with van der Waals surface area (Å²) in [6.45, 7) is -0.281. The lowest BCUT2D eigenvalue weighted by atomic mass is 9.86. The van der Waals surface area contributed by atoms with Gasteiger partial charge in [0.1, 0.15) is 11.1 Å². The van der Waals surface area contributed by atoms with Gasteiger partial charge in [-0.25, -0.2) is 0 Å². The minimum absolute atomic E-state index is 0.281. The normalized spacial score (nSPS) is 17.2. The van der Waals surface area contributed by atoms with Crippen LogP contribution in [0.1, 0.15) is 73.8 Å².